The molecule has 8 heteroatoms. The molecule has 0 aromatic carbocycles. The average molecular weight is 270 g/mol. The molecule has 1 saturated heterocycles. The lowest BCUT2D eigenvalue weighted by Gasteiger charge is -2.16. The number of guanidine groups is 1. The Morgan fingerprint density at radius 3 is 3.22 bits per heavy atom. The molecule has 1 aliphatic heterocycles. The summed E-state index contributed by atoms with van der Waals surface area (Å²) in [6.45, 7) is 3.65. The molecule has 18 heavy (non-hydrogen) atoms. The van der Waals surface area contributed by atoms with Gasteiger partial charge in [-0.15, -0.1) is 0 Å². The van der Waals surface area contributed by atoms with Crippen molar-refractivity contribution in [1.29, 1.82) is 0 Å². The maximum absolute atomic E-state index is 10.4. The topological polar surface area (TPSA) is 83.7 Å². The van der Waals surface area contributed by atoms with Gasteiger partial charge in [-0.2, -0.15) is 0 Å². The monoisotopic (exact) mass is 269 g/mol. The Hall–Kier alpha value is -1.89. The number of nitro groups is 1. The summed E-state index contributed by atoms with van der Waals surface area (Å²) in [6, 6.07) is 1.91. The number of aryl methyl sites for hydroxylation is 1. The molecule has 0 unspecified atom stereocenters. The Morgan fingerprint density at radius 1 is 1.72 bits per heavy atom. The lowest BCUT2D eigenvalue weighted by molar-refractivity contribution is -0.485. The van der Waals surface area contributed by atoms with Crippen LogP contribution in [0, 0.1) is 17.0 Å². The molecular formula is C10H12ClN5O2. The van der Waals surface area contributed by atoms with Crippen LogP contribution in [0.4, 0.5) is 0 Å². The van der Waals surface area contributed by atoms with Gasteiger partial charge >= 0.3 is 0 Å². The summed E-state index contributed by atoms with van der Waals surface area (Å²) in [6.07, 6.45) is 1.68. The van der Waals surface area contributed by atoms with E-state index >= 15 is 0 Å². The van der Waals surface area contributed by atoms with Crippen LogP contribution in [-0.4, -0.2) is 34.0 Å². The van der Waals surface area contributed by atoms with Crippen LogP contribution < -0.4 is 5.32 Å². The summed E-state index contributed by atoms with van der Waals surface area (Å²) in [7, 11) is 0. The maximum atomic E-state index is 10.4. The molecule has 0 spiro atoms. The third-order valence-electron chi connectivity index (χ3n) is 2.55. The van der Waals surface area contributed by atoms with E-state index in [1.165, 1.54) is 0 Å². The molecule has 2 heterocycles. The summed E-state index contributed by atoms with van der Waals surface area (Å²) in [4.78, 5) is 16.2. The van der Waals surface area contributed by atoms with Crippen molar-refractivity contribution in [3.8, 4) is 0 Å². The predicted molar refractivity (Wildman–Crippen MR) is 66.8 cm³/mol. The van der Waals surface area contributed by atoms with E-state index in [-0.39, 0.29) is 5.96 Å². The van der Waals surface area contributed by atoms with Gasteiger partial charge in [0.2, 0.25) is 0 Å². The minimum atomic E-state index is -0.712. The van der Waals surface area contributed by atoms with E-state index in [0.717, 1.165) is 11.1 Å². The minimum Gasteiger partial charge on any atom is -0.349 e. The van der Waals surface area contributed by atoms with Crippen LogP contribution in [-0.2, 0) is 6.54 Å². The molecule has 0 bridgehead atoms. The number of aromatic nitrogens is 1. The fourth-order valence-corrected chi connectivity index (χ4v) is 1.94. The number of pyridine rings is 1. The van der Waals surface area contributed by atoms with Crippen LogP contribution >= 0.6 is 11.6 Å². The van der Waals surface area contributed by atoms with Crippen molar-refractivity contribution in [1.82, 2.24) is 15.2 Å². The highest BCUT2D eigenvalue weighted by atomic mass is 35.5. The van der Waals surface area contributed by atoms with E-state index in [2.05, 4.69) is 15.4 Å². The SMILES string of the molecule is Cc1cnc(Cl)c(CN2CCNC2=N[N+](=O)[O-])c1. The third-order valence-corrected chi connectivity index (χ3v) is 2.89. The molecule has 0 amide bonds. The normalized spacial score (nSPS) is 17.0. The highest BCUT2D eigenvalue weighted by Gasteiger charge is 2.22. The van der Waals surface area contributed by atoms with E-state index in [9.17, 15) is 10.1 Å². The second-order valence-electron chi connectivity index (χ2n) is 3.97. The van der Waals surface area contributed by atoms with Crippen LogP contribution in [0.15, 0.2) is 17.4 Å². The molecular weight excluding hydrogens is 258 g/mol. The molecule has 0 atom stereocenters. The second-order valence-corrected chi connectivity index (χ2v) is 4.33. The Kier molecular flexibility index (Phi) is 3.61. The van der Waals surface area contributed by atoms with Crippen LogP contribution in [0.5, 0.6) is 0 Å². The number of hydrogen-bond donors (Lipinski definition) is 1. The van der Waals surface area contributed by atoms with Crippen LogP contribution in [0.1, 0.15) is 11.1 Å². The largest absolute Gasteiger partial charge is 0.349 e. The summed E-state index contributed by atoms with van der Waals surface area (Å²) in [5, 5.41) is 16.2. The van der Waals surface area contributed by atoms with E-state index < -0.39 is 5.03 Å². The predicted octanol–water partition coefficient (Wildman–Crippen LogP) is 0.996. The number of rotatable bonds is 3. The summed E-state index contributed by atoms with van der Waals surface area (Å²) >= 11 is 6.00. The molecule has 1 aromatic heterocycles. The molecule has 1 aliphatic rings. The van der Waals surface area contributed by atoms with Gasteiger partial charge in [-0.25, -0.2) is 15.1 Å². The Labute approximate surface area is 109 Å². The highest BCUT2D eigenvalue weighted by Crippen LogP contribution is 2.17. The van der Waals surface area contributed by atoms with Gasteiger partial charge in [-0.1, -0.05) is 11.6 Å². The van der Waals surface area contributed by atoms with Crippen LogP contribution in [0.25, 0.3) is 0 Å². The molecule has 1 fully saturated rings. The smallest absolute Gasteiger partial charge is 0.271 e. The van der Waals surface area contributed by atoms with Crippen LogP contribution in [0.2, 0.25) is 5.15 Å². The molecule has 7 nitrogen and oxygen atoms in total. The Balaban J connectivity index is 2.18. The average Bonchev–Trinajstić information content (AvgIpc) is 2.70. The first-order valence-electron chi connectivity index (χ1n) is 5.39. The minimum absolute atomic E-state index is 0.262. The van der Waals surface area contributed by atoms with Crippen molar-refractivity contribution in [3.63, 3.8) is 0 Å². The maximum Gasteiger partial charge on any atom is 0.271 e. The molecule has 1 aromatic rings. The lowest BCUT2D eigenvalue weighted by atomic mass is 10.2. The number of nitrogens with zero attached hydrogens (tertiary/aromatic N) is 4. The fraction of sp³-hybridized carbons (Fsp3) is 0.400. The number of hydrogen-bond acceptors (Lipinski definition) is 3. The van der Waals surface area contributed by atoms with Gasteiger partial charge in [0.25, 0.3) is 5.96 Å². The van der Waals surface area contributed by atoms with Crippen molar-refractivity contribution in [2.75, 3.05) is 13.1 Å². The Bertz CT molecular complexity index is 505. The molecule has 0 aliphatic carbocycles. The van der Waals surface area contributed by atoms with Gasteiger partial charge in [0.15, 0.2) is 5.03 Å². The quantitative estimate of drug-likeness (QED) is 0.503. The molecule has 1 N–H and O–H groups in total. The first kappa shape index (κ1) is 12.6. The van der Waals surface area contributed by atoms with Crippen molar-refractivity contribution >= 4 is 17.6 Å². The first-order valence-corrected chi connectivity index (χ1v) is 5.77. The van der Waals surface area contributed by atoms with E-state index in [4.69, 9.17) is 11.6 Å². The van der Waals surface area contributed by atoms with Crippen molar-refractivity contribution < 1.29 is 5.03 Å². The first-order chi connectivity index (χ1) is 8.56. The van der Waals surface area contributed by atoms with Gasteiger partial charge in [0, 0.05) is 31.4 Å². The van der Waals surface area contributed by atoms with Crippen molar-refractivity contribution in [3.05, 3.63) is 38.7 Å². The van der Waals surface area contributed by atoms with Gasteiger partial charge in [-0.05, 0) is 18.6 Å². The zero-order valence-electron chi connectivity index (χ0n) is 9.76. The zero-order chi connectivity index (χ0) is 13.1. The molecule has 0 saturated carbocycles. The molecule has 96 valence electrons. The van der Waals surface area contributed by atoms with Gasteiger partial charge in [0.05, 0.1) is 0 Å². The van der Waals surface area contributed by atoms with E-state index in [1.54, 1.807) is 11.1 Å². The van der Waals surface area contributed by atoms with Gasteiger partial charge in [-0.3, -0.25) is 0 Å². The Morgan fingerprint density at radius 2 is 2.50 bits per heavy atom. The number of halogens is 1. The lowest BCUT2D eigenvalue weighted by Crippen LogP contribution is -2.30. The van der Waals surface area contributed by atoms with Crippen LogP contribution in [0.3, 0.4) is 0 Å². The van der Waals surface area contributed by atoms with Crippen molar-refractivity contribution in [2.24, 2.45) is 5.10 Å². The third kappa shape index (κ3) is 2.86. The zero-order valence-corrected chi connectivity index (χ0v) is 10.5. The second kappa shape index (κ2) is 5.18. The summed E-state index contributed by atoms with van der Waals surface area (Å²) in [5.41, 5.74) is 1.82. The molecule has 2 rings (SSSR count). The standard InChI is InChI=1S/C10H12ClN5O2/c1-7-4-8(9(11)13-5-7)6-15-3-2-12-10(15)14-16(17)18/h4-5H,2-3,6H2,1H3,(H,12,14). The summed E-state index contributed by atoms with van der Waals surface area (Å²) in [5.74, 6) is 0.262. The van der Waals surface area contributed by atoms with E-state index in [0.29, 0.717) is 24.8 Å². The molecule has 0 radical (unpaired) electrons. The van der Waals surface area contributed by atoms with E-state index in [1.807, 2.05) is 13.0 Å². The fourth-order valence-electron chi connectivity index (χ4n) is 1.78. The number of nitrogens with one attached hydrogen (secondary N) is 1. The highest BCUT2D eigenvalue weighted by molar-refractivity contribution is 6.30. The number of hydrazone groups is 1. The van der Waals surface area contributed by atoms with Gasteiger partial charge < -0.3 is 10.2 Å². The van der Waals surface area contributed by atoms with Gasteiger partial charge in [0.1, 0.15) is 10.3 Å². The summed E-state index contributed by atoms with van der Waals surface area (Å²) < 4.78 is 0. The van der Waals surface area contributed by atoms with Crippen molar-refractivity contribution in [2.45, 2.75) is 13.5 Å².